The van der Waals surface area contributed by atoms with E-state index >= 15 is 0 Å². The van der Waals surface area contributed by atoms with Gasteiger partial charge in [-0.2, -0.15) is 0 Å². The zero-order valence-corrected chi connectivity index (χ0v) is 8.67. The van der Waals surface area contributed by atoms with Crippen LogP contribution in [0.4, 0.5) is 0 Å². The number of terminal acetylenes is 1. The minimum Gasteiger partial charge on any atom is -0.377 e. The van der Waals surface area contributed by atoms with E-state index in [0.29, 0.717) is 23.2 Å². The van der Waals surface area contributed by atoms with Crippen LogP contribution in [-0.4, -0.2) is 10.7 Å². The molecule has 2 aliphatic carbocycles. The van der Waals surface area contributed by atoms with E-state index in [-0.39, 0.29) is 0 Å². The largest absolute Gasteiger partial charge is 0.377 e. The summed E-state index contributed by atoms with van der Waals surface area (Å²) >= 11 is 0. The highest BCUT2D eigenvalue weighted by atomic mass is 16.3. The van der Waals surface area contributed by atoms with Crippen molar-refractivity contribution in [3.63, 3.8) is 0 Å². The maximum Gasteiger partial charge on any atom is 0.128 e. The lowest BCUT2D eigenvalue weighted by molar-refractivity contribution is -0.0249. The van der Waals surface area contributed by atoms with Gasteiger partial charge in [0.25, 0.3) is 0 Å². The van der Waals surface area contributed by atoms with Gasteiger partial charge in [-0.05, 0) is 30.1 Å². The molecule has 0 radical (unpaired) electrons. The molecular formula is C12H18O. The molecule has 13 heavy (non-hydrogen) atoms. The lowest BCUT2D eigenvalue weighted by Gasteiger charge is -2.42. The maximum absolute atomic E-state index is 10.2. The molecule has 2 bridgehead atoms. The summed E-state index contributed by atoms with van der Waals surface area (Å²) in [6, 6.07) is 0. The maximum atomic E-state index is 10.2. The second kappa shape index (κ2) is 2.30. The average molecular weight is 178 g/mol. The molecule has 0 saturated heterocycles. The van der Waals surface area contributed by atoms with Gasteiger partial charge < -0.3 is 5.11 Å². The van der Waals surface area contributed by atoms with Gasteiger partial charge >= 0.3 is 0 Å². The van der Waals surface area contributed by atoms with Crippen molar-refractivity contribution in [1.82, 2.24) is 0 Å². The van der Waals surface area contributed by atoms with Gasteiger partial charge in [0.1, 0.15) is 5.60 Å². The average Bonchev–Trinajstić information content (AvgIpc) is 2.51. The molecule has 0 heterocycles. The molecule has 4 atom stereocenters. The van der Waals surface area contributed by atoms with Gasteiger partial charge in [-0.1, -0.05) is 26.7 Å². The van der Waals surface area contributed by atoms with Crippen LogP contribution in [0.15, 0.2) is 0 Å². The van der Waals surface area contributed by atoms with E-state index in [2.05, 4.69) is 26.7 Å². The Bertz CT molecular complexity index is 269. The van der Waals surface area contributed by atoms with Crippen molar-refractivity contribution < 1.29 is 5.11 Å². The lowest BCUT2D eigenvalue weighted by atomic mass is 9.65. The Morgan fingerprint density at radius 2 is 2.08 bits per heavy atom. The van der Waals surface area contributed by atoms with Crippen molar-refractivity contribution in [3.05, 3.63) is 0 Å². The molecule has 0 aromatic heterocycles. The van der Waals surface area contributed by atoms with E-state index in [1.165, 1.54) is 0 Å². The highest BCUT2D eigenvalue weighted by Crippen LogP contribution is 2.62. The molecule has 0 aromatic rings. The van der Waals surface area contributed by atoms with Crippen LogP contribution in [-0.2, 0) is 0 Å². The van der Waals surface area contributed by atoms with Gasteiger partial charge in [-0.3, -0.25) is 0 Å². The van der Waals surface area contributed by atoms with Gasteiger partial charge in [-0.15, -0.1) is 6.42 Å². The first kappa shape index (κ1) is 9.09. The molecule has 0 aliphatic heterocycles. The Labute approximate surface area is 80.5 Å². The van der Waals surface area contributed by atoms with E-state index in [4.69, 9.17) is 6.42 Å². The third-order valence-corrected chi connectivity index (χ3v) is 4.79. The van der Waals surface area contributed by atoms with Gasteiger partial charge in [-0.25, -0.2) is 0 Å². The summed E-state index contributed by atoms with van der Waals surface area (Å²) in [7, 11) is 0. The molecule has 2 saturated carbocycles. The fourth-order valence-electron chi connectivity index (χ4n) is 3.35. The summed E-state index contributed by atoms with van der Waals surface area (Å²) in [6.45, 7) is 6.84. The van der Waals surface area contributed by atoms with E-state index < -0.39 is 5.60 Å². The Kier molecular flexibility index (Phi) is 1.61. The third kappa shape index (κ3) is 0.929. The van der Waals surface area contributed by atoms with Crippen molar-refractivity contribution in [2.24, 2.45) is 23.2 Å². The first-order valence-electron chi connectivity index (χ1n) is 5.12. The highest BCUT2D eigenvalue weighted by Gasteiger charge is 2.60. The minimum absolute atomic E-state index is 0.331. The summed E-state index contributed by atoms with van der Waals surface area (Å²) in [4.78, 5) is 0. The predicted octanol–water partition coefficient (Wildman–Crippen LogP) is 2.05. The number of rotatable bonds is 0. The predicted molar refractivity (Wildman–Crippen MR) is 52.9 cm³/mol. The van der Waals surface area contributed by atoms with Crippen LogP contribution < -0.4 is 0 Å². The van der Waals surface area contributed by atoms with Crippen molar-refractivity contribution >= 4 is 0 Å². The zero-order valence-electron chi connectivity index (χ0n) is 8.67. The van der Waals surface area contributed by atoms with Crippen LogP contribution in [0.5, 0.6) is 0 Å². The number of hydrogen-bond donors (Lipinski definition) is 1. The van der Waals surface area contributed by atoms with Crippen LogP contribution in [0.1, 0.15) is 33.6 Å². The summed E-state index contributed by atoms with van der Waals surface area (Å²) in [5.41, 5.74) is -0.423. The van der Waals surface area contributed by atoms with E-state index in [9.17, 15) is 5.11 Å². The standard InChI is InChI=1S/C12H18O/c1-5-12(13)7-9-6-10(12)8(2)11(9,3)4/h1,8-10,13H,6-7H2,2-4H3/t8-,9+,10-,12-/m0/s1. The first-order valence-corrected chi connectivity index (χ1v) is 5.12. The second-order valence-electron chi connectivity index (χ2n) is 5.42. The summed E-state index contributed by atoms with van der Waals surface area (Å²) < 4.78 is 0. The first-order chi connectivity index (χ1) is 5.92. The zero-order chi connectivity index (χ0) is 9.85. The van der Waals surface area contributed by atoms with Crippen LogP contribution >= 0.6 is 0 Å². The summed E-state index contributed by atoms with van der Waals surface area (Å²) in [5, 5.41) is 10.2. The topological polar surface area (TPSA) is 20.2 Å². The van der Waals surface area contributed by atoms with Crippen LogP contribution in [0.2, 0.25) is 0 Å². The van der Waals surface area contributed by atoms with Crippen molar-refractivity contribution in [2.75, 3.05) is 0 Å². The molecule has 1 N–H and O–H groups in total. The highest BCUT2D eigenvalue weighted by molar-refractivity contribution is 5.21. The quantitative estimate of drug-likeness (QED) is 0.563. The van der Waals surface area contributed by atoms with E-state index in [1.807, 2.05) is 0 Å². The van der Waals surface area contributed by atoms with Crippen molar-refractivity contribution in [2.45, 2.75) is 39.2 Å². The number of hydrogen-bond acceptors (Lipinski definition) is 1. The molecule has 2 fully saturated rings. The molecular weight excluding hydrogens is 160 g/mol. The Balaban J connectivity index is 2.33. The fourth-order valence-corrected chi connectivity index (χ4v) is 3.35. The van der Waals surface area contributed by atoms with Gasteiger partial charge in [0, 0.05) is 5.92 Å². The van der Waals surface area contributed by atoms with Crippen LogP contribution in [0.25, 0.3) is 0 Å². The monoisotopic (exact) mass is 178 g/mol. The van der Waals surface area contributed by atoms with Crippen molar-refractivity contribution in [1.29, 1.82) is 0 Å². The van der Waals surface area contributed by atoms with Gasteiger partial charge in [0.05, 0.1) is 0 Å². The molecule has 72 valence electrons. The molecule has 0 unspecified atom stereocenters. The van der Waals surface area contributed by atoms with Gasteiger partial charge in [0.15, 0.2) is 0 Å². The molecule has 2 aliphatic rings. The fraction of sp³-hybridized carbons (Fsp3) is 0.833. The Morgan fingerprint density at radius 1 is 1.46 bits per heavy atom. The molecule has 0 amide bonds. The normalized spacial score (nSPS) is 52.1. The summed E-state index contributed by atoms with van der Waals surface area (Å²) in [5.74, 6) is 4.09. The molecule has 1 heteroatoms. The Morgan fingerprint density at radius 3 is 2.46 bits per heavy atom. The summed E-state index contributed by atoms with van der Waals surface area (Å²) in [6.07, 6.45) is 7.34. The third-order valence-electron chi connectivity index (χ3n) is 4.79. The van der Waals surface area contributed by atoms with Crippen molar-refractivity contribution in [3.8, 4) is 12.3 Å². The smallest absolute Gasteiger partial charge is 0.128 e. The lowest BCUT2D eigenvalue weighted by Crippen LogP contribution is -2.43. The van der Waals surface area contributed by atoms with Crippen LogP contribution in [0, 0.1) is 35.5 Å². The minimum atomic E-state index is -0.792. The molecule has 1 nitrogen and oxygen atoms in total. The van der Waals surface area contributed by atoms with E-state index in [1.54, 1.807) is 0 Å². The number of fused-ring (bicyclic) bond motifs is 2. The van der Waals surface area contributed by atoms with Gasteiger partial charge in [0.2, 0.25) is 0 Å². The van der Waals surface area contributed by atoms with Crippen LogP contribution in [0.3, 0.4) is 0 Å². The SMILES string of the molecule is C#C[C@]1(O)C[C@H]2C[C@H]1[C@H](C)C2(C)C. The Hall–Kier alpha value is -0.480. The molecule has 0 aromatic carbocycles. The van der Waals surface area contributed by atoms with E-state index in [0.717, 1.165) is 12.8 Å². The molecule has 0 spiro atoms. The molecule has 2 rings (SSSR count). The number of aliphatic hydroxyl groups is 1. The second-order valence-corrected chi connectivity index (χ2v) is 5.42.